The molecule has 3 heterocycles. The Bertz CT molecular complexity index is 1530. The number of benzene rings is 5. The number of rotatable bonds is 0. The van der Waals surface area contributed by atoms with Crippen LogP contribution in [-0.2, 0) is 33.8 Å². The van der Waals surface area contributed by atoms with E-state index in [0.717, 1.165) is 22.6 Å². The van der Waals surface area contributed by atoms with Gasteiger partial charge in [-0.05, 0) is 88.7 Å². The van der Waals surface area contributed by atoms with Gasteiger partial charge in [-0.15, -0.1) is 0 Å². The molecule has 8 rings (SSSR count). The first-order chi connectivity index (χ1) is 17.5. The zero-order valence-corrected chi connectivity index (χ0v) is 24.4. The maximum atomic E-state index is 15.4. The van der Waals surface area contributed by atoms with Gasteiger partial charge in [-0.1, -0.05) is 84.0 Å². The molecule has 0 spiro atoms. The highest BCUT2D eigenvalue weighted by Gasteiger charge is 2.23. The summed E-state index contributed by atoms with van der Waals surface area (Å²) in [5.41, 5.74) is 7.23. The number of hydrogen-bond donors (Lipinski definition) is 0. The predicted octanol–water partition coefficient (Wildman–Crippen LogP) is 10.5. The maximum absolute atomic E-state index is 15.4. The fourth-order valence-corrected chi connectivity index (χ4v) is 7.66. The fraction of sp³-hybridized carbons (Fsp3) is 0.353. The van der Waals surface area contributed by atoms with Crippen LogP contribution in [0.2, 0.25) is 0 Å². The molecule has 0 aromatic heterocycles. The first-order valence-corrected chi connectivity index (χ1v) is 15.5. The zero-order chi connectivity index (χ0) is 26.1. The van der Waals surface area contributed by atoms with Crippen molar-refractivity contribution in [3.63, 3.8) is 0 Å². The van der Waals surface area contributed by atoms with Crippen molar-refractivity contribution in [1.82, 2.24) is 0 Å². The molecule has 0 aliphatic carbocycles. The third-order valence-electron chi connectivity index (χ3n) is 7.86. The van der Waals surface area contributed by atoms with Gasteiger partial charge in [0, 0.05) is 23.0 Å². The summed E-state index contributed by atoms with van der Waals surface area (Å²) in [6.45, 7) is 13.8. The predicted molar refractivity (Wildman–Crippen MR) is 164 cm³/mol. The van der Waals surface area contributed by atoms with E-state index in [1.165, 1.54) is 54.6 Å². The molecule has 3 aliphatic heterocycles. The van der Waals surface area contributed by atoms with Gasteiger partial charge >= 0.3 is 0 Å². The van der Waals surface area contributed by atoms with E-state index in [-0.39, 0.29) is 16.6 Å². The maximum Gasteiger partial charge on any atom is 0.131 e. The summed E-state index contributed by atoms with van der Waals surface area (Å²) in [5, 5.41) is 8.19. The molecule has 0 N–H and O–H groups in total. The SMILES string of the molecule is CC(C)(C)c1cc2cc3c4cc(C(C)(C)C)cc5cc(c(c1)c2c54)CSCc1cccc(c1F)CSC3. The second kappa shape index (κ2) is 8.92. The van der Waals surface area contributed by atoms with Crippen LogP contribution in [0.4, 0.5) is 4.39 Å². The largest absolute Gasteiger partial charge is 0.206 e. The van der Waals surface area contributed by atoms with Crippen molar-refractivity contribution >= 4 is 55.8 Å². The second-order valence-electron chi connectivity index (χ2n) is 12.7. The van der Waals surface area contributed by atoms with E-state index < -0.39 is 0 Å². The molecule has 0 atom stereocenters. The van der Waals surface area contributed by atoms with Crippen LogP contribution in [0, 0.1) is 5.82 Å². The van der Waals surface area contributed by atoms with E-state index in [2.05, 4.69) is 77.9 Å². The standard InChI is InChI=1S/C34H35FS2/c1-33(2,3)26-12-22-10-25-19-37-17-21-9-7-8-20(32(21)35)16-36-18-24-11-23-13-27(34(4,5)6)15-29(25)31(23)30(22)28(24)14-26/h7-15H,16-19H2,1-6H3. The highest BCUT2D eigenvalue weighted by atomic mass is 32.2. The molecule has 37 heavy (non-hydrogen) atoms. The smallest absolute Gasteiger partial charge is 0.131 e. The first kappa shape index (κ1) is 25.1. The van der Waals surface area contributed by atoms with Crippen LogP contribution in [0.25, 0.3) is 32.3 Å². The number of thioether (sulfide) groups is 2. The average molecular weight is 527 g/mol. The number of halogens is 1. The van der Waals surface area contributed by atoms with Gasteiger partial charge in [0.15, 0.2) is 0 Å². The summed E-state index contributed by atoms with van der Waals surface area (Å²) in [4.78, 5) is 0. The lowest BCUT2D eigenvalue weighted by molar-refractivity contribution is 0.591. The first-order valence-electron chi connectivity index (χ1n) is 13.2. The molecule has 0 unspecified atom stereocenters. The highest BCUT2D eigenvalue weighted by molar-refractivity contribution is 7.98. The molecule has 0 amide bonds. The Hall–Kier alpha value is -2.23. The van der Waals surface area contributed by atoms with Crippen LogP contribution >= 0.6 is 23.5 Å². The van der Waals surface area contributed by atoms with Crippen molar-refractivity contribution in [2.45, 2.75) is 75.4 Å². The van der Waals surface area contributed by atoms with Crippen LogP contribution in [-0.4, -0.2) is 0 Å². The molecule has 0 nitrogen and oxygen atoms in total. The van der Waals surface area contributed by atoms with Crippen LogP contribution < -0.4 is 0 Å². The third-order valence-corrected chi connectivity index (χ3v) is 9.92. The van der Waals surface area contributed by atoms with Gasteiger partial charge in [-0.25, -0.2) is 4.39 Å². The lowest BCUT2D eigenvalue weighted by Gasteiger charge is -2.26. The van der Waals surface area contributed by atoms with Crippen LogP contribution in [0.5, 0.6) is 0 Å². The summed E-state index contributed by atoms with van der Waals surface area (Å²) >= 11 is 3.65. The van der Waals surface area contributed by atoms with Crippen molar-refractivity contribution in [2.75, 3.05) is 0 Å². The van der Waals surface area contributed by atoms with Gasteiger partial charge in [-0.2, -0.15) is 23.5 Å². The molecule has 10 bridgehead atoms. The zero-order valence-electron chi connectivity index (χ0n) is 22.7. The van der Waals surface area contributed by atoms with Gasteiger partial charge in [0.2, 0.25) is 0 Å². The van der Waals surface area contributed by atoms with Gasteiger partial charge < -0.3 is 0 Å². The van der Waals surface area contributed by atoms with Crippen LogP contribution in [0.15, 0.2) is 54.6 Å². The molecule has 0 saturated heterocycles. The average Bonchev–Trinajstić information content (AvgIpc) is 2.83. The molecular weight excluding hydrogens is 492 g/mol. The minimum atomic E-state index is -0.0225. The summed E-state index contributed by atoms with van der Waals surface area (Å²) in [6.07, 6.45) is 0. The van der Waals surface area contributed by atoms with E-state index in [9.17, 15) is 0 Å². The molecular formula is C34H35FS2. The molecule has 0 fully saturated rings. The quantitative estimate of drug-likeness (QED) is 0.184. The molecule has 0 radical (unpaired) electrons. The summed E-state index contributed by atoms with van der Waals surface area (Å²) in [7, 11) is 0. The fourth-order valence-electron chi connectivity index (χ4n) is 5.65. The van der Waals surface area contributed by atoms with Crippen molar-refractivity contribution in [3.05, 3.63) is 93.8 Å². The van der Waals surface area contributed by atoms with Gasteiger partial charge in [-0.3, -0.25) is 0 Å². The van der Waals surface area contributed by atoms with Crippen LogP contribution in [0.3, 0.4) is 0 Å². The Kier molecular flexibility index (Phi) is 6.04. The third kappa shape index (κ3) is 4.42. The minimum Gasteiger partial charge on any atom is -0.206 e. The highest BCUT2D eigenvalue weighted by Crippen LogP contribution is 2.44. The monoisotopic (exact) mass is 526 g/mol. The number of hydrogen-bond acceptors (Lipinski definition) is 2. The summed E-state index contributed by atoms with van der Waals surface area (Å²) in [6, 6.07) is 20.5. The second-order valence-corrected chi connectivity index (χ2v) is 14.7. The van der Waals surface area contributed by atoms with E-state index in [1.807, 2.05) is 41.7 Å². The van der Waals surface area contributed by atoms with Gasteiger partial charge in [0.25, 0.3) is 0 Å². The van der Waals surface area contributed by atoms with Crippen LogP contribution in [0.1, 0.15) is 74.9 Å². The Morgan fingerprint density at radius 3 is 1.38 bits per heavy atom. The topological polar surface area (TPSA) is 0 Å². The molecule has 5 aromatic carbocycles. The van der Waals surface area contributed by atoms with E-state index in [4.69, 9.17) is 0 Å². The summed E-state index contributed by atoms with van der Waals surface area (Å²) < 4.78 is 15.4. The van der Waals surface area contributed by atoms with E-state index >= 15 is 4.39 Å². The Morgan fingerprint density at radius 2 is 0.973 bits per heavy atom. The summed E-state index contributed by atoms with van der Waals surface area (Å²) in [5.74, 6) is 3.08. The molecule has 3 aliphatic rings. The molecule has 5 aromatic rings. The molecule has 3 heteroatoms. The lowest BCUT2D eigenvalue weighted by Crippen LogP contribution is -2.12. The van der Waals surface area contributed by atoms with Crippen molar-refractivity contribution in [3.8, 4) is 0 Å². The Labute approximate surface area is 228 Å². The van der Waals surface area contributed by atoms with Gasteiger partial charge in [0.05, 0.1) is 0 Å². The molecule has 190 valence electrons. The Balaban J connectivity index is 1.70. The lowest BCUT2D eigenvalue weighted by atomic mass is 9.79. The van der Waals surface area contributed by atoms with E-state index in [1.54, 1.807) is 0 Å². The molecule has 0 saturated carbocycles. The van der Waals surface area contributed by atoms with E-state index in [0.29, 0.717) is 11.5 Å². The normalized spacial score (nSPS) is 15.3. The van der Waals surface area contributed by atoms with Crippen molar-refractivity contribution in [1.29, 1.82) is 0 Å². The minimum absolute atomic E-state index is 0.0225. The van der Waals surface area contributed by atoms with Crippen molar-refractivity contribution < 1.29 is 4.39 Å². The van der Waals surface area contributed by atoms with Gasteiger partial charge in [0.1, 0.15) is 5.82 Å². The Morgan fingerprint density at radius 1 is 0.568 bits per heavy atom. The van der Waals surface area contributed by atoms with Crippen molar-refractivity contribution in [2.24, 2.45) is 0 Å².